The highest BCUT2D eigenvalue weighted by Crippen LogP contribution is 2.27. The van der Waals surface area contributed by atoms with Gasteiger partial charge in [0.1, 0.15) is 0 Å². The highest BCUT2D eigenvalue weighted by atomic mass is 79.9. The molecular weight excluding hydrogens is 332 g/mol. The monoisotopic (exact) mass is 348 g/mol. The van der Waals surface area contributed by atoms with Gasteiger partial charge >= 0.3 is 0 Å². The first kappa shape index (κ1) is 16.1. The number of anilines is 1. The van der Waals surface area contributed by atoms with Crippen molar-refractivity contribution in [1.29, 1.82) is 0 Å². The molecule has 0 aromatic heterocycles. The number of nitrogens with one attached hydrogen (secondary N) is 1. The fourth-order valence-corrected chi connectivity index (χ4v) is 2.79. The van der Waals surface area contributed by atoms with Gasteiger partial charge in [-0.15, -0.1) is 0 Å². The first-order valence-corrected chi connectivity index (χ1v) is 8.38. The molecule has 0 spiro atoms. The molecule has 1 rings (SSSR count). The summed E-state index contributed by atoms with van der Waals surface area (Å²) in [5.74, 6) is -0.139. The third kappa shape index (κ3) is 5.30. The zero-order valence-electron chi connectivity index (χ0n) is 11.1. The molecule has 0 saturated heterocycles. The molecule has 0 fully saturated rings. The standard InChI is InChI=1S/C12H17BrN2O3S/c1-9-4-5-12(11(13)8-9)15(10(2)16)7-6-14-19(3,17)18/h4-5,8,14H,6-7H2,1-3H3. The Morgan fingerprint density at radius 3 is 2.53 bits per heavy atom. The van der Waals surface area contributed by atoms with Gasteiger partial charge in [0.05, 0.1) is 11.9 Å². The molecule has 1 amide bonds. The third-order valence-electron chi connectivity index (χ3n) is 2.47. The lowest BCUT2D eigenvalue weighted by Crippen LogP contribution is -2.37. The van der Waals surface area contributed by atoms with Crippen LogP contribution in [0, 0.1) is 6.92 Å². The Hall–Kier alpha value is -0.920. The van der Waals surface area contributed by atoms with Crippen molar-refractivity contribution in [1.82, 2.24) is 4.72 Å². The van der Waals surface area contributed by atoms with Crippen LogP contribution < -0.4 is 9.62 Å². The summed E-state index contributed by atoms with van der Waals surface area (Å²) in [7, 11) is -3.24. The second-order valence-corrected chi connectivity index (χ2v) is 6.98. The van der Waals surface area contributed by atoms with Gasteiger partial charge in [-0.25, -0.2) is 13.1 Å². The minimum Gasteiger partial charge on any atom is -0.310 e. The molecule has 19 heavy (non-hydrogen) atoms. The molecule has 0 bridgehead atoms. The Kier molecular flexibility index (Phi) is 5.51. The fraction of sp³-hybridized carbons (Fsp3) is 0.417. The van der Waals surface area contributed by atoms with Crippen molar-refractivity contribution >= 4 is 37.5 Å². The summed E-state index contributed by atoms with van der Waals surface area (Å²) in [6.45, 7) is 3.87. The van der Waals surface area contributed by atoms with Gasteiger partial charge in [-0.1, -0.05) is 6.07 Å². The Morgan fingerprint density at radius 2 is 2.05 bits per heavy atom. The van der Waals surface area contributed by atoms with Crippen LogP contribution >= 0.6 is 15.9 Å². The van der Waals surface area contributed by atoms with E-state index in [0.29, 0.717) is 0 Å². The predicted molar refractivity (Wildman–Crippen MR) is 79.8 cm³/mol. The topological polar surface area (TPSA) is 66.5 Å². The highest BCUT2D eigenvalue weighted by Gasteiger charge is 2.14. The molecule has 1 aromatic rings. The highest BCUT2D eigenvalue weighted by molar-refractivity contribution is 9.10. The third-order valence-corrected chi connectivity index (χ3v) is 3.84. The van der Waals surface area contributed by atoms with Crippen LogP contribution in [0.2, 0.25) is 0 Å². The van der Waals surface area contributed by atoms with E-state index in [0.717, 1.165) is 22.0 Å². The Bertz CT molecular complexity index is 572. The van der Waals surface area contributed by atoms with Crippen LogP contribution in [0.3, 0.4) is 0 Å². The molecule has 0 aliphatic rings. The minimum absolute atomic E-state index is 0.139. The summed E-state index contributed by atoms with van der Waals surface area (Å²) in [6, 6.07) is 5.65. The second-order valence-electron chi connectivity index (χ2n) is 4.29. The van der Waals surface area contributed by atoms with Crippen molar-refractivity contribution in [3.05, 3.63) is 28.2 Å². The predicted octanol–water partition coefficient (Wildman–Crippen LogP) is 1.66. The fourth-order valence-electron chi connectivity index (χ4n) is 1.62. The summed E-state index contributed by atoms with van der Waals surface area (Å²) >= 11 is 3.41. The lowest BCUT2D eigenvalue weighted by molar-refractivity contribution is -0.116. The maximum atomic E-state index is 11.7. The van der Waals surface area contributed by atoms with Crippen LogP contribution in [0.25, 0.3) is 0 Å². The van der Waals surface area contributed by atoms with E-state index < -0.39 is 10.0 Å². The number of amides is 1. The number of carbonyl (C=O) groups is 1. The van der Waals surface area contributed by atoms with E-state index in [1.54, 1.807) is 0 Å². The van der Waals surface area contributed by atoms with Crippen molar-refractivity contribution < 1.29 is 13.2 Å². The molecule has 7 heteroatoms. The molecular formula is C12H17BrN2O3S. The summed E-state index contributed by atoms with van der Waals surface area (Å²) in [6.07, 6.45) is 1.09. The lowest BCUT2D eigenvalue weighted by atomic mass is 10.2. The molecule has 5 nitrogen and oxygen atoms in total. The van der Waals surface area contributed by atoms with Gasteiger partial charge in [0, 0.05) is 24.5 Å². The molecule has 0 unspecified atom stereocenters. The minimum atomic E-state index is -3.24. The Labute approximate surface area is 122 Å². The molecule has 0 aliphatic heterocycles. The number of halogens is 1. The molecule has 0 atom stereocenters. The molecule has 1 aromatic carbocycles. The first-order chi connectivity index (χ1) is 8.70. The van der Waals surface area contributed by atoms with E-state index in [1.165, 1.54) is 11.8 Å². The van der Waals surface area contributed by atoms with Gasteiger partial charge in [0.25, 0.3) is 0 Å². The van der Waals surface area contributed by atoms with Gasteiger partial charge in [-0.3, -0.25) is 4.79 Å². The average molecular weight is 349 g/mol. The Balaban J connectivity index is 2.86. The number of nitrogens with zero attached hydrogens (tertiary/aromatic N) is 1. The van der Waals surface area contributed by atoms with Gasteiger partial charge in [-0.05, 0) is 40.5 Å². The smallest absolute Gasteiger partial charge is 0.223 e. The van der Waals surface area contributed by atoms with E-state index >= 15 is 0 Å². The summed E-state index contributed by atoms with van der Waals surface area (Å²) in [4.78, 5) is 13.2. The number of sulfonamides is 1. The molecule has 106 valence electrons. The lowest BCUT2D eigenvalue weighted by Gasteiger charge is -2.22. The van der Waals surface area contributed by atoms with E-state index in [1.807, 2.05) is 25.1 Å². The molecule has 0 aliphatic carbocycles. The van der Waals surface area contributed by atoms with Crippen LogP contribution in [-0.2, 0) is 14.8 Å². The molecule has 0 heterocycles. The SMILES string of the molecule is CC(=O)N(CCNS(C)(=O)=O)c1ccc(C)cc1Br. The number of hydrogen-bond acceptors (Lipinski definition) is 3. The molecule has 0 saturated carbocycles. The zero-order chi connectivity index (χ0) is 14.6. The van der Waals surface area contributed by atoms with Crippen molar-refractivity contribution in [2.45, 2.75) is 13.8 Å². The Morgan fingerprint density at radius 1 is 1.42 bits per heavy atom. The van der Waals surface area contributed by atoms with E-state index in [-0.39, 0.29) is 19.0 Å². The van der Waals surface area contributed by atoms with Crippen molar-refractivity contribution in [3.8, 4) is 0 Å². The van der Waals surface area contributed by atoms with Gasteiger partial charge in [0.15, 0.2) is 0 Å². The van der Waals surface area contributed by atoms with Crippen LogP contribution in [0.5, 0.6) is 0 Å². The van der Waals surface area contributed by atoms with Crippen LogP contribution in [-0.4, -0.2) is 33.7 Å². The van der Waals surface area contributed by atoms with E-state index in [9.17, 15) is 13.2 Å². The van der Waals surface area contributed by atoms with Gasteiger partial charge in [-0.2, -0.15) is 0 Å². The van der Waals surface area contributed by atoms with Gasteiger partial charge < -0.3 is 4.90 Å². The molecule has 0 radical (unpaired) electrons. The number of benzene rings is 1. The number of hydrogen-bond donors (Lipinski definition) is 1. The van der Waals surface area contributed by atoms with Gasteiger partial charge in [0.2, 0.25) is 15.9 Å². The summed E-state index contributed by atoms with van der Waals surface area (Å²) in [5, 5.41) is 0. The first-order valence-electron chi connectivity index (χ1n) is 5.69. The largest absolute Gasteiger partial charge is 0.310 e. The van der Waals surface area contributed by atoms with Crippen molar-refractivity contribution in [2.75, 3.05) is 24.2 Å². The van der Waals surface area contributed by atoms with E-state index in [2.05, 4.69) is 20.7 Å². The molecule has 1 N–H and O–H groups in total. The van der Waals surface area contributed by atoms with Crippen LogP contribution in [0.1, 0.15) is 12.5 Å². The maximum Gasteiger partial charge on any atom is 0.223 e. The van der Waals surface area contributed by atoms with E-state index in [4.69, 9.17) is 0 Å². The summed E-state index contributed by atoms with van der Waals surface area (Å²) in [5.41, 5.74) is 1.81. The number of aryl methyl sites for hydroxylation is 1. The maximum absolute atomic E-state index is 11.7. The quantitative estimate of drug-likeness (QED) is 0.879. The number of rotatable bonds is 5. The average Bonchev–Trinajstić information content (AvgIpc) is 2.24. The second kappa shape index (κ2) is 6.49. The van der Waals surface area contributed by atoms with Crippen LogP contribution in [0.15, 0.2) is 22.7 Å². The summed E-state index contributed by atoms with van der Waals surface area (Å²) < 4.78 is 25.2. The van der Waals surface area contributed by atoms with Crippen molar-refractivity contribution in [3.63, 3.8) is 0 Å². The van der Waals surface area contributed by atoms with Crippen LogP contribution in [0.4, 0.5) is 5.69 Å². The zero-order valence-corrected chi connectivity index (χ0v) is 13.5. The normalized spacial score (nSPS) is 11.4. The number of carbonyl (C=O) groups excluding carboxylic acids is 1. The van der Waals surface area contributed by atoms with Crippen molar-refractivity contribution in [2.24, 2.45) is 0 Å².